The van der Waals surface area contributed by atoms with Crippen molar-refractivity contribution in [1.29, 1.82) is 0 Å². The number of nitro groups is 3. The molecule has 0 aliphatic carbocycles. The molecule has 12 nitrogen and oxygen atoms in total. The number of para-hydroxylation sites is 1. The average molecular weight is 384 g/mol. The van der Waals surface area contributed by atoms with Crippen molar-refractivity contribution in [3.05, 3.63) is 84.6 Å². The third-order valence-corrected chi connectivity index (χ3v) is 3.77. The van der Waals surface area contributed by atoms with Gasteiger partial charge in [-0.3, -0.25) is 30.3 Å². The number of benzene rings is 2. The van der Waals surface area contributed by atoms with Crippen LogP contribution < -0.4 is 5.32 Å². The van der Waals surface area contributed by atoms with Crippen molar-refractivity contribution in [2.75, 3.05) is 5.32 Å². The zero-order valence-electron chi connectivity index (χ0n) is 14.3. The zero-order valence-corrected chi connectivity index (χ0v) is 14.3. The van der Waals surface area contributed by atoms with Crippen molar-refractivity contribution in [2.45, 2.75) is 6.92 Å². The van der Waals surface area contributed by atoms with Gasteiger partial charge in [0.1, 0.15) is 5.82 Å². The molecule has 3 aromatic rings. The molecule has 12 heteroatoms. The third-order valence-electron chi connectivity index (χ3n) is 3.77. The fraction of sp³-hybridized carbons (Fsp3) is 0.0625. The van der Waals surface area contributed by atoms with Gasteiger partial charge in [-0.25, -0.2) is 4.68 Å². The average Bonchev–Trinajstić information content (AvgIpc) is 3.02. The molecule has 0 amide bonds. The Morgan fingerprint density at radius 1 is 0.893 bits per heavy atom. The number of hydrogen-bond donors (Lipinski definition) is 1. The minimum atomic E-state index is -0.928. The number of nitrogens with one attached hydrogen (secondary N) is 1. The molecule has 2 aromatic carbocycles. The fourth-order valence-corrected chi connectivity index (χ4v) is 2.60. The van der Waals surface area contributed by atoms with Crippen LogP contribution in [0.4, 0.5) is 28.6 Å². The quantitative estimate of drug-likeness (QED) is 0.498. The lowest BCUT2D eigenvalue weighted by molar-refractivity contribution is -0.401. The van der Waals surface area contributed by atoms with E-state index in [1.54, 1.807) is 43.3 Å². The van der Waals surface area contributed by atoms with E-state index in [9.17, 15) is 30.3 Å². The normalized spacial score (nSPS) is 10.5. The summed E-state index contributed by atoms with van der Waals surface area (Å²) in [6.07, 6.45) is 0. The zero-order chi connectivity index (χ0) is 20.4. The van der Waals surface area contributed by atoms with E-state index in [1.165, 1.54) is 4.68 Å². The molecule has 1 aromatic heterocycles. The summed E-state index contributed by atoms with van der Waals surface area (Å²) in [6, 6.07) is 11.7. The summed E-state index contributed by atoms with van der Waals surface area (Å²) in [4.78, 5) is 31.1. The third kappa shape index (κ3) is 3.46. The Bertz CT molecular complexity index is 1060. The molecule has 3 rings (SSSR count). The Morgan fingerprint density at radius 3 is 1.96 bits per heavy atom. The second-order valence-electron chi connectivity index (χ2n) is 5.67. The maximum Gasteiger partial charge on any atom is 0.306 e. The Kier molecular flexibility index (Phi) is 4.68. The first-order valence-electron chi connectivity index (χ1n) is 7.78. The van der Waals surface area contributed by atoms with Crippen molar-refractivity contribution in [2.24, 2.45) is 0 Å². The molecule has 0 aliphatic heterocycles. The number of nitrogens with zero attached hydrogens (tertiary/aromatic N) is 5. The van der Waals surface area contributed by atoms with E-state index < -0.39 is 37.5 Å². The van der Waals surface area contributed by atoms with Crippen molar-refractivity contribution >= 4 is 28.6 Å². The van der Waals surface area contributed by atoms with Crippen LogP contribution in [0.1, 0.15) is 5.69 Å². The predicted molar refractivity (Wildman–Crippen MR) is 98.0 cm³/mol. The second-order valence-corrected chi connectivity index (χ2v) is 5.67. The van der Waals surface area contributed by atoms with Gasteiger partial charge in [0.2, 0.25) is 0 Å². The van der Waals surface area contributed by atoms with Crippen LogP contribution in [0.15, 0.2) is 48.5 Å². The van der Waals surface area contributed by atoms with E-state index in [0.717, 1.165) is 0 Å². The van der Waals surface area contributed by atoms with Gasteiger partial charge in [0, 0.05) is 6.07 Å². The second kappa shape index (κ2) is 7.11. The number of aryl methyl sites for hydroxylation is 1. The Balaban J connectivity index is 2.19. The monoisotopic (exact) mass is 384 g/mol. The molecule has 0 fully saturated rings. The van der Waals surface area contributed by atoms with Gasteiger partial charge in [-0.1, -0.05) is 18.2 Å². The highest BCUT2D eigenvalue weighted by Crippen LogP contribution is 2.40. The van der Waals surface area contributed by atoms with E-state index in [1.807, 2.05) is 0 Å². The molecule has 0 saturated heterocycles. The first-order chi connectivity index (χ1) is 13.3. The largest absolute Gasteiger partial charge is 0.329 e. The molecule has 0 atom stereocenters. The lowest BCUT2D eigenvalue weighted by Gasteiger charge is -2.10. The molecule has 0 bridgehead atoms. The van der Waals surface area contributed by atoms with Crippen molar-refractivity contribution in [3.8, 4) is 5.69 Å². The van der Waals surface area contributed by atoms with Crippen LogP contribution >= 0.6 is 0 Å². The van der Waals surface area contributed by atoms with E-state index in [4.69, 9.17) is 0 Å². The molecule has 142 valence electrons. The molecule has 1 heterocycles. The first kappa shape index (κ1) is 18.4. The van der Waals surface area contributed by atoms with Crippen LogP contribution in [-0.4, -0.2) is 24.6 Å². The summed E-state index contributed by atoms with van der Waals surface area (Å²) in [7, 11) is 0. The van der Waals surface area contributed by atoms with Gasteiger partial charge in [0.15, 0.2) is 5.69 Å². The smallest absolute Gasteiger partial charge is 0.306 e. The SMILES string of the molecule is Cc1cc(Nc2c([N+](=O)[O-])cc([N+](=O)[O-])cc2[N+](=O)[O-])n(-c2ccccc2)n1. The molecule has 1 N–H and O–H groups in total. The van der Waals surface area contributed by atoms with Crippen LogP contribution in [0.2, 0.25) is 0 Å². The first-order valence-corrected chi connectivity index (χ1v) is 7.78. The summed E-state index contributed by atoms with van der Waals surface area (Å²) in [5.41, 5.74) is -1.64. The minimum absolute atomic E-state index is 0.226. The topological polar surface area (TPSA) is 159 Å². The van der Waals surface area contributed by atoms with E-state index in [-0.39, 0.29) is 5.82 Å². The maximum atomic E-state index is 11.4. The van der Waals surface area contributed by atoms with Gasteiger partial charge in [-0.05, 0) is 19.1 Å². The summed E-state index contributed by atoms with van der Waals surface area (Å²) < 4.78 is 1.42. The van der Waals surface area contributed by atoms with Crippen LogP contribution in [0.3, 0.4) is 0 Å². The lowest BCUT2D eigenvalue weighted by Crippen LogP contribution is -2.07. The van der Waals surface area contributed by atoms with Gasteiger partial charge in [-0.2, -0.15) is 5.10 Å². The molecular formula is C16H12N6O6. The van der Waals surface area contributed by atoms with Crippen LogP contribution in [0.25, 0.3) is 5.69 Å². The number of aromatic nitrogens is 2. The van der Waals surface area contributed by atoms with Gasteiger partial charge < -0.3 is 5.32 Å². The molecule has 0 saturated carbocycles. The molecule has 28 heavy (non-hydrogen) atoms. The molecule has 0 aliphatic rings. The van der Waals surface area contributed by atoms with Gasteiger partial charge in [0.05, 0.1) is 38.3 Å². The van der Waals surface area contributed by atoms with Crippen LogP contribution in [-0.2, 0) is 0 Å². The van der Waals surface area contributed by atoms with Gasteiger partial charge in [0.25, 0.3) is 5.69 Å². The summed E-state index contributed by atoms with van der Waals surface area (Å²) in [5.74, 6) is 0.226. The molecule has 0 radical (unpaired) electrons. The fourth-order valence-electron chi connectivity index (χ4n) is 2.60. The molecule has 0 spiro atoms. The van der Waals surface area contributed by atoms with Crippen LogP contribution in [0, 0.1) is 37.3 Å². The predicted octanol–water partition coefficient (Wildman–Crippen LogP) is 3.65. The van der Waals surface area contributed by atoms with Crippen molar-refractivity contribution < 1.29 is 14.8 Å². The summed E-state index contributed by atoms with van der Waals surface area (Å²) in [5, 5.41) is 40.8. The van der Waals surface area contributed by atoms with Gasteiger partial charge in [-0.15, -0.1) is 0 Å². The number of non-ortho nitro benzene ring substituents is 1. The Morgan fingerprint density at radius 2 is 1.46 bits per heavy atom. The Hall–Kier alpha value is -4.35. The van der Waals surface area contributed by atoms with Crippen molar-refractivity contribution in [1.82, 2.24) is 9.78 Å². The minimum Gasteiger partial charge on any atom is -0.329 e. The highest BCUT2D eigenvalue weighted by atomic mass is 16.6. The Labute approximate surface area is 156 Å². The highest BCUT2D eigenvalue weighted by Gasteiger charge is 2.31. The number of anilines is 2. The highest BCUT2D eigenvalue weighted by molar-refractivity contribution is 5.81. The summed E-state index contributed by atoms with van der Waals surface area (Å²) in [6.45, 7) is 1.68. The number of rotatable bonds is 6. The van der Waals surface area contributed by atoms with Crippen LogP contribution in [0.5, 0.6) is 0 Å². The van der Waals surface area contributed by atoms with Gasteiger partial charge >= 0.3 is 11.4 Å². The number of nitro benzene ring substituents is 3. The van der Waals surface area contributed by atoms with E-state index >= 15 is 0 Å². The number of hydrogen-bond acceptors (Lipinski definition) is 8. The standard InChI is InChI=1S/C16H12N6O6/c1-10-7-15(19(18-10)11-5-3-2-4-6-11)17-16-13(21(25)26)8-12(20(23)24)9-14(16)22(27)28/h2-9,17H,1H3. The molecule has 0 unspecified atom stereocenters. The van der Waals surface area contributed by atoms with E-state index in [2.05, 4.69) is 10.4 Å². The van der Waals surface area contributed by atoms with Crippen molar-refractivity contribution in [3.63, 3.8) is 0 Å². The lowest BCUT2D eigenvalue weighted by atomic mass is 10.2. The maximum absolute atomic E-state index is 11.4. The summed E-state index contributed by atoms with van der Waals surface area (Å²) >= 11 is 0. The van der Waals surface area contributed by atoms with E-state index in [0.29, 0.717) is 23.5 Å². The molecular weight excluding hydrogens is 372 g/mol.